The van der Waals surface area contributed by atoms with Gasteiger partial charge in [-0.1, -0.05) is 29.3 Å². The molecule has 3 aromatic rings. The molecular weight excluding hydrogens is 547 g/mol. The monoisotopic (exact) mass is 566 g/mol. The number of amides is 1. The summed E-state index contributed by atoms with van der Waals surface area (Å²) < 4.78 is 22.4. The van der Waals surface area contributed by atoms with Crippen molar-refractivity contribution in [2.24, 2.45) is 5.10 Å². The molecule has 3 rings (SSSR count). The Hall–Kier alpha value is -2.94. The molecule has 0 radical (unpaired) electrons. The number of benzene rings is 3. The van der Waals surface area contributed by atoms with Crippen molar-refractivity contribution in [3.8, 4) is 23.0 Å². The maximum Gasteiger partial charge on any atom is 0.271 e. The number of carbonyl (C=O) groups excluding carboxylic acids is 1. The molecule has 7 nitrogen and oxygen atoms in total. The molecule has 0 fully saturated rings. The first-order chi connectivity index (χ1) is 16.4. The van der Waals surface area contributed by atoms with E-state index in [9.17, 15) is 4.79 Å². The van der Waals surface area contributed by atoms with Gasteiger partial charge in [-0.15, -0.1) is 0 Å². The lowest BCUT2D eigenvalue weighted by Gasteiger charge is -2.14. The minimum Gasteiger partial charge on any atom is -0.493 e. The number of carbonyl (C=O) groups is 1. The maximum absolute atomic E-state index is 12.4. The Kier molecular flexibility index (Phi) is 9.04. The number of rotatable bonds is 9. The molecule has 0 atom stereocenters. The number of hydrogen-bond donors (Lipinski definition) is 1. The SMILES string of the molecule is COc1ccc(C(=O)N/N=C\c2cc(Br)c(OCc3ccc(Cl)c(Cl)c3)c(OC)c2)cc1OC. The highest BCUT2D eigenvalue weighted by atomic mass is 79.9. The lowest BCUT2D eigenvalue weighted by molar-refractivity contribution is 0.0954. The second-order valence-electron chi connectivity index (χ2n) is 6.84. The fourth-order valence-electron chi connectivity index (χ4n) is 2.95. The quantitative estimate of drug-likeness (QED) is 0.249. The van der Waals surface area contributed by atoms with Crippen LogP contribution in [0.3, 0.4) is 0 Å². The van der Waals surface area contributed by atoms with Crippen LogP contribution in [0.1, 0.15) is 21.5 Å². The Morgan fingerprint density at radius 3 is 2.35 bits per heavy atom. The first-order valence-corrected chi connectivity index (χ1v) is 11.4. The molecule has 0 aliphatic rings. The van der Waals surface area contributed by atoms with Crippen LogP contribution in [0, 0.1) is 0 Å². The summed E-state index contributed by atoms with van der Waals surface area (Å²) in [4.78, 5) is 12.4. The van der Waals surface area contributed by atoms with Crippen LogP contribution in [-0.4, -0.2) is 33.5 Å². The van der Waals surface area contributed by atoms with Gasteiger partial charge in [0, 0.05) is 5.56 Å². The third-order valence-corrected chi connectivity index (χ3v) is 5.97. The van der Waals surface area contributed by atoms with Crippen LogP contribution in [0.2, 0.25) is 10.0 Å². The Balaban J connectivity index is 1.69. The van der Waals surface area contributed by atoms with E-state index in [1.54, 1.807) is 42.5 Å². The summed E-state index contributed by atoms with van der Waals surface area (Å²) in [6.07, 6.45) is 1.49. The summed E-state index contributed by atoms with van der Waals surface area (Å²) in [5, 5.41) is 4.96. The summed E-state index contributed by atoms with van der Waals surface area (Å²) in [5.74, 6) is 1.58. The van der Waals surface area contributed by atoms with E-state index in [-0.39, 0.29) is 6.61 Å². The molecule has 0 spiro atoms. The van der Waals surface area contributed by atoms with E-state index in [1.165, 1.54) is 27.5 Å². The fraction of sp³-hybridized carbons (Fsp3) is 0.167. The number of halogens is 3. The number of nitrogens with zero attached hydrogens (tertiary/aromatic N) is 1. The summed E-state index contributed by atoms with van der Waals surface area (Å²) in [6, 6.07) is 13.7. The summed E-state index contributed by atoms with van der Waals surface area (Å²) in [5.41, 5.74) is 4.39. The van der Waals surface area contributed by atoms with Crippen molar-refractivity contribution in [1.29, 1.82) is 0 Å². The van der Waals surface area contributed by atoms with Crippen molar-refractivity contribution in [3.05, 3.63) is 79.7 Å². The maximum atomic E-state index is 12.4. The largest absolute Gasteiger partial charge is 0.493 e. The zero-order valence-electron chi connectivity index (χ0n) is 18.5. The normalized spacial score (nSPS) is 10.8. The molecule has 0 bridgehead atoms. The summed E-state index contributed by atoms with van der Waals surface area (Å²) in [7, 11) is 4.56. The average Bonchev–Trinajstić information content (AvgIpc) is 2.84. The number of ether oxygens (including phenoxy) is 4. The molecular formula is C24H21BrCl2N2O5. The molecule has 1 N–H and O–H groups in total. The molecule has 0 aliphatic carbocycles. The zero-order valence-corrected chi connectivity index (χ0v) is 21.6. The van der Waals surface area contributed by atoms with Crippen LogP contribution >= 0.6 is 39.1 Å². The van der Waals surface area contributed by atoms with Crippen molar-refractivity contribution in [2.45, 2.75) is 6.61 Å². The molecule has 0 saturated carbocycles. The number of methoxy groups -OCH3 is 3. The Labute approximate surface area is 215 Å². The van der Waals surface area contributed by atoms with E-state index in [4.69, 9.17) is 42.1 Å². The van der Waals surface area contributed by atoms with E-state index in [0.717, 1.165) is 5.56 Å². The molecule has 0 heterocycles. The fourth-order valence-corrected chi connectivity index (χ4v) is 3.84. The second-order valence-corrected chi connectivity index (χ2v) is 8.51. The predicted molar refractivity (Wildman–Crippen MR) is 136 cm³/mol. The Morgan fingerprint density at radius 1 is 0.941 bits per heavy atom. The number of hydrogen-bond acceptors (Lipinski definition) is 6. The predicted octanol–water partition coefficient (Wildman–Crippen LogP) is 6.12. The molecule has 10 heteroatoms. The average molecular weight is 568 g/mol. The van der Waals surface area contributed by atoms with Gasteiger partial charge < -0.3 is 18.9 Å². The van der Waals surface area contributed by atoms with Crippen LogP contribution in [0.4, 0.5) is 0 Å². The lowest BCUT2D eigenvalue weighted by atomic mass is 10.2. The highest BCUT2D eigenvalue weighted by Gasteiger charge is 2.13. The van der Waals surface area contributed by atoms with Gasteiger partial charge in [0.1, 0.15) is 6.61 Å². The Bertz CT molecular complexity index is 1220. The van der Waals surface area contributed by atoms with E-state index >= 15 is 0 Å². The summed E-state index contributed by atoms with van der Waals surface area (Å²) >= 11 is 15.5. The van der Waals surface area contributed by atoms with Crippen molar-refractivity contribution in [2.75, 3.05) is 21.3 Å². The Morgan fingerprint density at radius 2 is 1.68 bits per heavy atom. The lowest BCUT2D eigenvalue weighted by Crippen LogP contribution is -2.17. The van der Waals surface area contributed by atoms with Crippen LogP contribution in [-0.2, 0) is 6.61 Å². The van der Waals surface area contributed by atoms with E-state index in [1.807, 2.05) is 6.07 Å². The van der Waals surface area contributed by atoms with Gasteiger partial charge in [0.25, 0.3) is 5.91 Å². The smallest absolute Gasteiger partial charge is 0.271 e. The first kappa shape index (κ1) is 25.7. The van der Waals surface area contributed by atoms with Crippen molar-refractivity contribution >= 4 is 51.3 Å². The molecule has 34 heavy (non-hydrogen) atoms. The zero-order chi connectivity index (χ0) is 24.7. The standard InChI is InChI=1S/C24H21BrCl2N2O5/c1-31-20-7-5-16(11-21(20)32-2)24(30)29-28-12-15-8-17(25)23(22(10-15)33-3)34-13-14-4-6-18(26)19(27)9-14/h4-12H,13H2,1-3H3,(H,29,30)/b28-12-. The third kappa shape index (κ3) is 6.34. The topological polar surface area (TPSA) is 78.4 Å². The van der Waals surface area contributed by atoms with Gasteiger partial charge in [0.15, 0.2) is 23.0 Å². The highest BCUT2D eigenvalue weighted by molar-refractivity contribution is 9.10. The molecule has 178 valence electrons. The summed E-state index contributed by atoms with van der Waals surface area (Å²) in [6.45, 7) is 0.265. The highest BCUT2D eigenvalue weighted by Crippen LogP contribution is 2.37. The van der Waals surface area contributed by atoms with Crippen LogP contribution in [0.15, 0.2) is 58.1 Å². The third-order valence-electron chi connectivity index (χ3n) is 4.64. The van der Waals surface area contributed by atoms with E-state index in [0.29, 0.717) is 48.6 Å². The first-order valence-electron chi connectivity index (χ1n) is 9.86. The van der Waals surface area contributed by atoms with Crippen molar-refractivity contribution < 1.29 is 23.7 Å². The minimum absolute atomic E-state index is 0.265. The van der Waals surface area contributed by atoms with Gasteiger partial charge in [0.2, 0.25) is 0 Å². The van der Waals surface area contributed by atoms with Gasteiger partial charge in [-0.25, -0.2) is 5.43 Å². The molecule has 0 saturated heterocycles. The molecule has 1 amide bonds. The van der Waals surface area contributed by atoms with Gasteiger partial charge in [-0.05, 0) is 69.5 Å². The van der Waals surface area contributed by atoms with Crippen LogP contribution in [0.5, 0.6) is 23.0 Å². The van der Waals surface area contributed by atoms with Gasteiger partial charge >= 0.3 is 0 Å². The number of hydrazone groups is 1. The molecule has 3 aromatic carbocycles. The van der Waals surface area contributed by atoms with Crippen molar-refractivity contribution in [3.63, 3.8) is 0 Å². The number of nitrogens with one attached hydrogen (secondary N) is 1. The molecule has 0 aromatic heterocycles. The molecule has 0 aliphatic heterocycles. The van der Waals surface area contributed by atoms with Gasteiger partial charge in [0.05, 0.1) is 42.1 Å². The van der Waals surface area contributed by atoms with Gasteiger partial charge in [-0.2, -0.15) is 5.10 Å². The van der Waals surface area contributed by atoms with Crippen molar-refractivity contribution in [1.82, 2.24) is 5.43 Å². The van der Waals surface area contributed by atoms with Crippen LogP contribution < -0.4 is 24.4 Å². The van der Waals surface area contributed by atoms with E-state index < -0.39 is 5.91 Å². The minimum atomic E-state index is -0.398. The van der Waals surface area contributed by atoms with Gasteiger partial charge in [-0.3, -0.25) is 4.79 Å². The second kappa shape index (κ2) is 12.0. The molecule has 0 unspecified atom stereocenters. The van der Waals surface area contributed by atoms with Crippen LogP contribution in [0.25, 0.3) is 0 Å². The van der Waals surface area contributed by atoms with E-state index in [2.05, 4.69) is 26.5 Å².